The van der Waals surface area contributed by atoms with Crippen LogP contribution in [-0.2, 0) is 14.4 Å². The van der Waals surface area contributed by atoms with Crippen LogP contribution in [0.5, 0.6) is 0 Å². The fourth-order valence-corrected chi connectivity index (χ4v) is 6.55. The molecule has 6 aromatic rings. The molecule has 0 bridgehead atoms. The van der Waals surface area contributed by atoms with Crippen molar-refractivity contribution in [3.8, 4) is 11.5 Å². The summed E-state index contributed by atoms with van der Waals surface area (Å²) in [5.41, 5.74) is 3.56. The number of imide groups is 1. The highest BCUT2D eigenvalue weighted by atomic mass is 32.2. The second-order valence-electron chi connectivity index (χ2n) is 11.6. The van der Waals surface area contributed by atoms with E-state index in [-0.39, 0.29) is 29.6 Å². The number of carbonyl (C=O) groups is 4. The van der Waals surface area contributed by atoms with E-state index in [9.17, 15) is 29.3 Å². The summed E-state index contributed by atoms with van der Waals surface area (Å²) in [6, 6.07) is 35.0. The number of benzene rings is 5. The fourth-order valence-electron chi connectivity index (χ4n) is 5.50. The van der Waals surface area contributed by atoms with Crippen LogP contribution in [0.2, 0.25) is 0 Å². The molecule has 0 saturated carbocycles. The number of rotatable bonds is 10. The average Bonchev–Trinajstić information content (AvgIpc) is 3.72. The van der Waals surface area contributed by atoms with Crippen LogP contribution in [0.15, 0.2) is 142 Å². The minimum atomic E-state index is -0.644. The molecule has 12 nitrogen and oxygen atoms in total. The fraction of sp³-hybridized carbons (Fsp3) is 0.0513. The molecule has 0 radical (unpaired) electrons. The van der Waals surface area contributed by atoms with Crippen LogP contribution >= 0.6 is 11.8 Å². The van der Waals surface area contributed by atoms with Crippen LogP contribution in [-0.4, -0.2) is 38.8 Å². The van der Waals surface area contributed by atoms with E-state index in [0.717, 1.165) is 5.52 Å². The molecule has 1 fully saturated rings. The SMILES string of the molecule is O=C(Nc1ccc(SC2CC(=O)N(c3ccc(-c4nc5ccccc5o4)cc3)C2=O)cc1)/C(=C/c1ccc([N+](=O)[O-])cc1)NC(=O)c1ccccc1. The number of nitro groups is 1. The third kappa shape index (κ3) is 7.34. The standard InChI is InChI=1S/C39H27N5O7S/c45-35-23-34(39(48)43(35)28-18-12-26(13-19-28)38-42-31-8-4-5-9-33(31)51-38)52-30-20-14-27(15-21-30)40-37(47)32(41-36(46)25-6-2-1-3-7-25)22-24-10-16-29(17-11-24)44(49)50/h1-22,34H,23H2,(H,40,47)(H,41,46)/b32-22-. The second-order valence-corrected chi connectivity index (χ2v) is 12.9. The summed E-state index contributed by atoms with van der Waals surface area (Å²) in [6.07, 6.45) is 1.44. The third-order valence-corrected chi connectivity index (χ3v) is 9.30. The maximum atomic E-state index is 13.4. The number of nitrogens with zero attached hydrogens (tertiary/aromatic N) is 3. The first-order valence-corrected chi connectivity index (χ1v) is 16.8. The summed E-state index contributed by atoms with van der Waals surface area (Å²) < 4.78 is 5.83. The number of amides is 4. The molecule has 1 unspecified atom stereocenters. The van der Waals surface area contributed by atoms with Gasteiger partial charge in [0.25, 0.3) is 17.5 Å². The van der Waals surface area contributed by atoms with Crippen molar-refractivity contribution in [3.05, 3.63) is 154 Å². The predicted molar refractivity (Wildman–Crippen MR) is 196 cm³/mol. The van der Waals surface area contributed by atoms with Gasteiger partial charge in [0.15, 0.2) is 5.58 Å². The zero-order valence-corrected chi connectivity index (χ0v) is 27.9. The van der Waals surface area contributed by atoms with Gasteiger partial charge < -0.3 is 15.1 Å². The molecule has 2 heterocycles. The van der Waals surface area contributed by atoms with E-state index in [2.05, 4.69) is 15.6 Å². The molecule has 52 heavy (non-hydrogen) atoms. The molecule has 2 N–H and O–H groups in total. The minimum absolute atomic E-state index is 0.0206. The van der Waals surface area contributed by atoms with Crippen LogP contribution < -0.4 is 15.5 Å². The van der Waals surface area contributed by atoms with Gasteiger partial charge >= 0.3 is 0 Å². The van der Waals surface area contributed by atoms with Crippen molar-refractivity contribution in [2.45, 2.75) is 16.6 Å². The highest BCUT2D eigenvalue weighted by molar-refractivity contribution is 8.00. The predicted octanol–water partition coefficient (Wildman–Crippen LogP) is 7.24. The van der Waals surface area contributed by atoms with Gasteiger partial charge in [-0.05, 0) is 96.6 Å². The van der Waals surface area contributed by atoms with Gasteiger partial charge in [-0.1, -0.05) is 30.3 Å². The summed E-state index contributed by atoms with van der Waals surface area (Å²) in [7, 11) is 0. The van der Waals surface area contributed by atoms with E-state index in [1.165, 1.54) is 47.0 Å². The number of hydrogen-bond acceptors (Lipinski definition) is 9. The van der Waals surface area contributed by atoms with Crippen molar-refractivity contribution in [1.29, 1.82) is 0 Å². The van der Waals surface area contributed by atoms with Gasteiger partial charge in [-0.15, -0.1) is 11.8 Å². The number of carbonyl (C=O) groups excluding carboxylic acids is 4. The van der Waals surface area contributed by atoms with E-state index in [4.69, 9.17) is 4.42 Å². The Labute approximate surface area is 300 Å². The Bertz CT molecular complexity index is 2320. The van der Waals surface area contributed by atoms with Crippen molar-refractivity contribution in [3.63, 3.8) is 0 Å². The van der Waals surface area contributed by atoms with Crippen LogP contribution in [0.25, 0.3) is 28.6 Å². The van der Waals surface area contributed by atoms with Gasteiger partial charge in [-0.3, -0.25) is 29.3 Å². The molecule has 0 aliphatic carbocycles. The number of oxazole rings is 1. The van der Waals surface area contributed by atoms with Crippen molar-refractivity contribution in [2.75, 3.05) is 10.2 Å². The lowest BCUT2D eigenvalue weighted by atomic mass is 10.1. The van der Waals surface area contributed by atoms with Crippen LogP contribution in [0, 0.1) is 10.1 Å². The molecule has 0 spiro atoms. The second kappa shape index (κ2) is 14.5. The molecule has 1 aliphatic rings. The van der Waals surface area contributed by atoms with E-state index in [0.29, 0.717) is 44.4 Å². The molecule has 5 aromatic carbocycles. The molecular weight excluding hydrogens is 683 g/mol. The van der Waals surface area contributed by atoms with Gasteiger partial charge in [0, 0.05) is 40.3 Å². The van der Waals surface area contributed by atoms with Crippen molar-refractivity contribution in [2.24, 2.45) is 0 Å². The summed E-state index contributed by atoms with van der Waals surface area (Å²) in [5, 5.41) is 15.8. The van der Waals surface area contributed by atoms with Crippen LogP contribution in [0.3, 0.4) is 0 Å². The maximum Gasteiger partial charge on any atom is 0.272 e. The Morgan fingerprint density at radius 2 is 1.56 bits per heavy atom. The van der Waals surface area contributed by atoms with E-state index in [1.54, 1.807) is 78.9 Å². The summed E-state index contributed by atoms with van der Waals surface area (Å²) in [5.74, 6) is -1.35. The lowest BCUT2D eigenvalue weighted by Gasteiger charge is -2.15. The highest BCUT2D eigenvalue weighted by Crippen LogP contribution is 2.35. The average molecular weight is 710 g/mol. The van der Waals surface area contributed by atoms with Crippen LogP contribution in [0.1, 0.15) is 22.3 Å². The molecule has 1 aliphatic heterocycles. The number of hydrogen-bond donors (Lipinski definition) is 2. The smallest absolute Gasteiger partial charge is 0.272 e. The molecule has 1 aromatic heterocycles. The number of para-hydroxylation sites is 2. The Morgan fingerprint density at radius 1 is 0.865 bits per heavy atom. The van der Waals surface area contributed by atoms with E-state index < -0.39 is 22.0 Å². The van der Waals surface area contributed by atoms with Crippen molar-refractivity contribution < 1.29 is 28.5 Å². The van der Waals surface area contributed by atoms with Crippen molar-refractivity contribution in [1.82, 2.24) is 10.3 Å². The normalized spacial score (nSPS) is 14.4. The molecule has 256 valence electrons. The largest absolute Gasteiger partial charge is 0.436 e. The molecular formula is C39H27N5O7S. The Kier molecular flexibility index (Phi) is 9.41. The molecule has 13 heteroatoms. The molecule has 1 atom stereocenters. The summed E-state index contributed by atoms with van der Waals surface area (Å²) in [6.45, 7) is 0. The van der Waals surface area contributed by atoms with Gasteiger partial charge in [-0.2, -0.15) is 0 Å². The van der Waals surface area contributed by atoms with Crippen molar-refractivity contribution >= 4 is 69.6 Å². The Hall–Kier alpha value is -6.86. The molecule has 4 amide bonds. The topological polar surface area (TPSA) is 165 Å². The number of anilines is 2. The zero-order chi connectivity index (χ0) is 36.2. The summed E-state index contributed by atoms with van der Waals surface area (Å²) >= 11 is 1.24. The van der Waals surface area contributed by atoms with E-state index in [1.807, 2.05) is 24.3 Å². The van der Waals surface area contributed by atoms with Gasteiger partial charge in [-0.25, -0.2) is 9.88 Å². The minimum Gasteiger partial charge on any atom is -0.436 e. The number of nitrogens with one attached hydrogen (secondary N) is 2. The zero-order valence-electron chi connectivity index (χ0n) is 27.1. The molecule has 1 saturated heterocycles. The van der Waals surface area contributed by atoms with Crippen LogP contribution in [0.4, 0.5) is 17.1 Å². The number of aromatic nitrogens is 1. The number of nitro benzene ring substituents is 1. The first-order chi connectivity index (χ1) is 25.2. The molecule has 7 rings (SSSR count). The lowest BCUT2D eigenvalue weighted by molar-refractivity contribution is -0.384. The Balaban J connectivity index is 1.01. The monoisotopic (exact) mass is 709 g/mol. The lowest BCUT2D eigenvalue weighted by Crippen LogP contribution is -2.31. The first kappa shape index (κ1) is 33.6. The number of thioether (sulfide) groups is 1. The van der Waals surface area contributed by atoms with Gasteiger partial charge in [0.2, 0.25) is 17.7 Å². The maximum absolute atomic E-state index is 13.4. The Morgan fingerprint density at radius 3 is 2.25 bits per heavy atom. The number of fused-ring (bicyclic) bond motifs is 1. The van der Waals surface area contributed by atoms with Gasteiger partial charge in [0.1, 0.15) is 11.2 Å². The van der Waals surface area contributed by atoms with Gasteiger partial charge in [0.05, 0.1) is 15.9 Å². The number of non-ortho nitro benzene ring substituents is 1. The summed E-state index contributed by atoms with van der Waals surface area (Å²) in [4.78, 5) is 69.7. The van der Waals surface area contributed by atoms with E-state index >= 15 is 0 Å². The third-order valence-electron chi connectivity index (χ3n) is 8.11. The first-order valence-electron chi connectivity index (χ1n) is 16.0. The highest BCUT2D eigenvalue weighted by Gasteiger charge is 2.40. The quantitative estimate of drug-likeness (QED) is 0.0646.